The Morgan fingerprint density at radius 3 is 2.58 bits per heavy atom. The first-order chi connectivity index (χ1) is 16.0. The van der Waals surface area contributed by atoms with E-state index in [9.17, 15) is 9.59 Å². The Hall–Kier alpha value is -3.42. The Kier molecular flexibility index (Phi) is 5.52. The lowest BCUT2D eigenvalue weighted by molar-refractivity contribution is 0.0659. The molecule has 0 aliphatic carbocycles. The molecule has 0 unspecified atom stereocenters. The molecule has 8 nitrogen and oxygen atoms in total. The highest BCUT2D eigenvalue weighted by atomic mass is 16.2. The molecule has 8 heteroatoms. The minimum atomic E-state index is -0.159. The van der Waals surface area contributed by atoms with Gasteiger partial charge in [0.2, 0.25) is 0 Å². The van der Waals surface area contributed by atoms with E-state index < -0.39 is 0 Å². The predicted molar refractivity (Wildman–Crippen MR) is 125 cm³/mol. The normalized spacial score (nSPS) is 19.5. The number of aromatic nitrogens is 4. The van der Waals surface area contributed by atoms with Crippen molar-refractivity contribution in [3.8, 4) is 11.4 Å². The van der Waals surface area contributed by atoms with E-state index in [0.717, 1.165) is 36.5 Å². The molecule has 172 valence electrons. The maximum absolute atomic E-state index is 13.5. The first-order valence-electron chi connectivity index (χ1n) is 11.8. The van der Waals surface area contributed by atoms with E-state index in [1.165, 1.54) is 0 Å². The van der Waals surface area contributed by atoms with Crippen LogP contribution in [0.4, 0.5) is 0 Å². The lowest BCUT2D eigenvalue weighted by atomic mass is 10.0. The lowest BCUT2D eigenvalue weighted by Crippen LogP contribution is -2.42. The molecule has 2 aromatic heterocycles. The molecule has 1 fully saturated rings. The minimum Gasteiger partial charge on any atom is -0.348 e. The summed E-state index contributed by atoms with van der Waals surface area (Å²) in [7, 11) is 0. The van der Waals surface area contributed by atoms with Crippen molar-refractivity contribution < 1.29 is 9.59 Å². The van der Waals surface area contributed by atoms with Crippen LogP contribution < -0.4 is 5.32 Å². The second kappa shape index (κ2) is 8.50. The Morgan fingerprint density at radius 1 is 1.12 bits per heavy atom. The number of nitrogens with zero attached hydrogens (tertiary/aromatic N) is 5. The third kappa shape index (κ3) is 3.83. The minimum absolute atomic E-state index is 0.0176. The maximum Gasteiger partial charge on any atom is 0.274 e. The summed E-state index contributed by atoms with van der Waals surface area (Å²) in [6.07, 6.45) is 4.31. The molecule has 3 aromatic rings. The molecule has 1 N–H and O–H groups in total. The Bertz CT molecular complexity index is 1180. The average Bonchev–Trinajstić information content (AvgIpc) is 3.49. The van der Waals surface area contributed by atoms with Crippen molar-refractivity contribution in [3.05, 3.63) is 59.7 Å². The third-order valence-electron chi connectivity index (χ3n) is 6.60. The van der Waals surface area contributed by atoms with E-state index in [1.807, 2.05) is 62.2 Å². The molecular formula is C25H30N6O2. The molecule has 2 aliphatic rings. The van der Waals surface area contributed by atoms with E-state index in [0.29, 0.717) is 24.4 Å². The van der Waals surface area contributed by atoms with Crippen molar-refractivity contribution in [1.29, 1.82) is 0 Å². The summed E-state index contributed by atoms with van der Waals surface area (Å²) in [6, 6.07) is 11.9. The van der Waals surface area contributed by atoms with Gasteiger partial charge in [0.25, 0.3) is 11.8 Å². The molecule has 4 heterocycles. The molecule has 5 rings (SSSR count). The molecule has 1 saturated heterocycles. The number of hydrogen-bond acceptors (Lipinski definition) is 4. The highest BCUT2D eigenvalue weighted by molar-refractivity contribution is 5.95. The van der Waals surface area contributed by atoms with Crippen LogP contribution in [0.1, 0.15) is 60.3 Å². The van der Waals surface area contributed by atoms with Crippen molar-refractivity contribution in [3.63, 3.8) is 0 Å². The van der Waals surface area contributed by atoms with Crippen LogP contribution >= 0.6 is 0 Å². The van der Waals surface area contributed by atoms with Crippen LogP contribution in [0.5, 0.6) is 0 Å². The number of rotatable bonds is 5. The number of nitrogens with one attached hydrogen (secondary N) is 1. The summed E-state index contributed by atoms with van der Waals surface area (Å²) in [4.78, 5) is 33.4. The molecule has 0 saturated carbocycles. The van der Waals surface area contributed by atoms with Gasteiger partial charge >= 0.3 is 0 Å². The van der Waals surface area contributed by atoms with Gasteiger partial charge in [-0.05, 0) is 39.7 Å². The monoisotopic (exact) mass is 446 g/mol. The number of imidazole rings is 1. The average molecular weight is 447 g/mol. The summed E-state index contributed by atoms with van der Waals surface area (Å²) in [5, 5.41) is 7.45. The van der Waals surface area contributed by atoms with Gasteiger partial charge in [-0.15, -0.1) is 0 Å². The molecule has 2 atom stereocenters. The summed E-state index contributed by atoms with van der Waals surface area (Å²) < 4.78 is 3.95. The van der Waals surface area contributed by atoms with E-state index in [4.69, 9.17) is 4.98 Å². The van der Waals surface area contributed by atoms with Crippen LogP contribution in [0.2, 0.25) is 0 Å². The quantitative estimate of drug-likeness (QED) is 0.653. The van der Waals surface area contributed by atoms with E-state index in [-0.39, 0.29) is 29.9 Å². The van der Waals surface area contributed by atoms with Crippen molar-refractivity contribution in [2.24, 2.45) is 0 Å². The number of hydrogen-bond donors (Lipinski definition) is 1. The van der Waals surface area contributed by atoms with Gasteiger partial charge in [0.15, 0.2) is 0 Å². The van der Waals surface area contributed by atoms with Crippen LogP contribution in [-0.2, 0) is 19.5 Å². The van der Waals surface area contributed by atoms with Crippen molar-refractivity contribution in [1.82, 2.24) is 29.5 Å². The standard InChI is InChI=1S/C25H30N6O2/c1-4-29-13-12-20(28-29)25(33)31-18-10-11-19(31)15-30-21(14-18)22(24(32)26-16(2)3)27-23(30)17-8-6-5-7-9-17/h5-9,12-13,16,18-19H,4,10-11,14-15H2,1-3H3,(H,26,32)/t18-,19+/m0/s1. The molecule has 0 radical (unpaired) electrons. The zero-order valence-electron chi connectivity index (χ0n) is 19.4. The molecule has 33 heavy (non-hydrogen) atoms. The number of carbonyl (C=O) groups excluding carboxylic acids is 2. The highest BCUT2D eigenvalue weighted by Crippen LogP contribution is 2.36. The van der Waals surface area contributed by atoms with E-state index >= 15 is 0 Å². The largest absolute Gasteiger partial charge is 0.348 e. The van der Waals surface area contributed by atoms with Crippen molar-refractivity contribution >= 4 is 11.8 Å². The van der Waals surface area contributed by atoms with Crippen LogP contribution in [0.15, 0.2) is 42.6 Å². The topological polar surface area (TPSA) is 85.0 Å². The fourth-order valence-electron chi connectivity index (χ4n) is 5.10. The third-order valence-corrected chi connectivity index (χ3v) is 6.60. The van der Waals surface area contributed by atoms with Gasteiger partial charge in [0.1, 0.15) is 17.2 Å². The van der Waals surface area contributed by atoms with E-state index in [2.05, 4.69) is 15.0 Å². The number of fused-ring (bicyclic) bond motifs is 3. The zero-order valence-corrected chi connectivity index (χ0v) is 19.4. The van der Waals surface area contributed by atoms with Gasteiger partial charge in [0.05, 0.1) is 11.7 Å². The predicted octanol–water partition coefficient (Wildman–Crippen LogP) is 3.13. The lowest BCUT2D eigenvalue weighted by Gasteiger charge is -2.27. The Morgan fingerprint density at radius 2 is 1.88 bits per heavy atom. The molecule has 2 amide bonds. The summed E-state index contributed by atoms with van der Waals surface area (Å²) in [5.41, 5.74) is 2.84. The van der Waals surface area contributed by atoms with Gasteiger partial charge in [-0.25, -0.2) is 4.98 Å². The molecule has 1 aromatic carbocycles. The fourth-order valence-corrected chi connectivity index (χ4v) is 5.10. The summed E-state index contributed by atoms with van der Waals surface area (Å²) in [6.45, 7) is 7.25. The number of benzene rings is 1. The van der Waals surface area contributed by atoms with Crippen LogP contribution in [0.25, 0.3) is 11.4 Å². The Balaban J connectivity index is 1.55. The molecular weight excluding hydrogens is 416 g/mol. The SMILES string of the molecule is CCn1ccc(C(=O)N2[C@@H]3CC[C@H]2Cc2c(C(=O)NC(C)C)nc(-c4ccccc4)n2C3)n1. The highest BCUT2D eigenvalue weighted by Gasteiger charge is 2.43. The van der Waals surface area contributed by atoms with Gasteiger partial charge < -0.3 is 14.8 Å². The second-order valence-electron chi connectivity index (χ2n) is 9.19. The number of aryl methyl sites for hydroxylation is 1. The number of amides is 2. The van der Waals surface area contributed by atoms with Crippen LogP contribution in [0, 0.1) is 0 Å². The second-order valence-corrected chi connectivity index (χ2v) is 9.19. The van der Waals surface area contributed by atoms with E-state index in [1.54, 1.807) is 10.7 Å². The van der Waals surface area contributed by atoms with Gasteiger partial charge in [-0.2, -0.15) is 5.10 Å². The first kappa shape index (κ1) is 21.4. The van der Waals surface area contributed by atoms with Gasteiger partial charge in [-0.3, -0.25) is 14.3 Å². The first-order valence-corrected chi connectivity index (χ1v) is 11.8. The van der Waals surface area contributed by atoms with Gasteiger partial charge in [-0.1, -0.05) is 30.3 Å². The van der Waals surface area contributed by atoms with Crippen molar-refractivity contribution in [2.75, 3.05) is 0 Å². The Labute approximate surface area is 193 Å². The maximum atomic E-state index is 13.5. The summed E-state index contributed by atoms with van der Waals surface area (Å²) >= 11 is 0. The van der Waals surface area contributed by atoms with Gasteiger partial charge in [0, 0.05) is 43.4 Å². The van der Waals surface area contributed by atoms with Crippen LogP contribution in [0.3, 0.4) is 0 Å². The zero-order chi connectivity index (χ0) is 23.1. The van der Waals surface area contributed by atoms with Crippen molar-refractivity contribution in [2.45, 2.75) is 71.2 Å². The molecule has 0 spiro atoms. The van der Waals surface area contributed by atoms with Crippen LogP contribution in [-0.4, -0.2) is 54.2 Å². The molecule has 2 aliphatic heterocycles. The molecule has 2 bridgehead atoms. The number of carbonyl (C=O) groups is 2. The smallest absolute Gasteiger partial charge is 0.274 e. The summed E-state index contributed by atoms with van der Waals surface area (Å²) in [5.74, 6) is 0.603. The fraction of sp³-hybridized carbons (Fsp3) is 0.440.